The van der Waals surface area contributed by atoms with Gasteiger partial charge in [0, 0.05) is 6.21 Å². The van der Waals surface area contributed by atoms with Crippen LogP contribution in [-0.4, -0.2) is 21.2 Å². The van der Waals surface area contributed by atoms with Gasteiger partial charge in [0.1, 0.15) is 4.90 Å². The number of ether oxygens (including phenoxy) is 1. The molecule has 0 bridgehead atoms. The fourth-order valence-electron chi connectivity index (χ4n) is 2.60. The minimum atomic E-state index is -3.99. The van der Waals surface area contributed by atoms with Crippen molar-refractivity contribution in [2.45, 2.75) is 18.7 Å². The third kappa shape index (κ3) is 5.25. The normalized spacial score (nSPS) is 11.6. The third-order valence-electron chi connectivity index (χ3n) is 4.02. The van der Waals surface area contributed by atoms with Crippen molar-refractivity contribution in [3.05, 3.63) is 82.3 Å². The van der Waals surface area contributed by atoms with Crippen molar-refractivity contribution in [2.24, 2.45) is 4.99 Å². The van der Waals surface area contributed by atoms with Gasteiger partial charge in [-0.15, -0.1) is 0 Å². The maximum Gasteiger partial charge on any atom is 0.339 e. The second-order valence-electron chi connectivity index (χ2n) is 6.16. The molecule has 3 aromatic carbocycles. The predicted molar refractivity (Wildman–Crippen MR) is 118 cm³/mol. The smallest absolute Gasteiger partial charge is 0.339 e. The number of hydrogen-bond acceptors (Lipinski definition) is 5. The average molecular weight is 474 g/mol. The number of aliphatic imine (C=N–C) groups is 1. The van der Waals surface area contributed by atoms with Crippen LogP contribution in [0.4, 0.5) is 5.69 Å². The lowest BCUT2D eigenvalue weighted by atomic mass is 10.2. The van der Waals surface area contributed by atoms with Crippen LogP contribution < -0.4 is 8.92 Å². The summed E-state index contributed by atoms with van der Waals surface area (Å²) in [6.07, 6.45) is 1.70. The summed E-state index contributed by atoms with van der Waals surface area (Å²) in [5.41, 5.74) is 2.66. The average Bonchev–Trinajstić information content (AvgIpc) is 2.71. The number of rotatable bonds is 7. The first-order chi connectivity index (χ1) is 13.9. The van der Waals surface area contributed by atoms with Gasteiger partial charge in [-0.2, -0.15) is 8.42 Å². The second-order valence-corrected chi connectivity index (χ2v) is 8.56. The molecule has 0 radical (unpaired) electrons. The highest BCUT2D eigenvalue weighted by Gasteiger charge is 2.21. The summed E-state index contributed by atoms with van der Waals surface area (Å²) < 4.78 is 36.7. The van der Waals surface area contributed by atoms with Gasteiger partial charge in [-0.05, 0) is 71.2 Å². The zero-order chi connectivity index (χ0) is 20.9. The minimum Gasteiger partial charge on any atom is -0.490 e. The molecule has 5 nitrogen and oxygen atoms in total. The lowest BCUT2D eigenvalue weighted by Gasteiger charge is -2.14. The number of aryl methyl sites for hydroxylation is 1. The van der Waals surface area contributed by atoms with Crippen LogP contribution >= 0.6 is 15.9 Å². The van der Waals surface area contributed by atoms with Gasteiger partial charge in [0.2, 0.25) is 0 Å². The van der Waals surface area contributed by atoms with Crippen LogP contribution in [0.3, 0.4) is 0 Å². The molecule has 0 unspecified atom stereocenters. The number of halogens is 1. The predicted octanol–water partition coefficient (Wildman–Crippen LogP) is 5.67. The molecule has 29 heavy (non-hydrogen) atoms. The van der Waals surface area contributed by atoms with Crippen LogP contribution in [0, 0.1) is 6.92 Å². The molecule has 0 spiro atoms. The second kappa shape index (κ2) is 9.24. The van der Waals surface area contributed by atoms with E-state index in [1.54, 1.807) is 36.5 Å². The summed E-state index contributed by atoms with van der Waals surface area (Å²) in [7, 11) is -3.99. The highest BCUT2D eigenvalue weighted by molar-refractivity contribution is 9.10. The monoisotopic (exact) mass is 473 g/mol. The highest BCUT2D eigenvalue weighted by Crippen LogP contribution is 2.38. The van der Waals surface area contributed by atoms with E-state index in [1.165, 1.54) is 12.1 Å². The Hall–Kier alpha value is -2.64. The summed E-state index contributed by atoms with van der Waals surface area (Å²) in [6.45, 7) is 4.16. The lowest BCUT2D eigenvalue weighted by molar-refractivity contribution is 0.327. The maximum absolute atomic E-state index is 12.6. The number of hydrogen-bond donors (Lipinski definition) is 0. The molecule has 0 fully saturated rings. The number of para-hydroxylation sites is 1. The Balaban J connectivity index is 1.96. The Morgan fingerprint density at radius 2 is 1.72 bits per heavy atom. The molecular weight excluding hydrogens is 454 g/mol. The Morgan fingerprint density at radius 1 is 1.03 bits per heavy atom. The zero-order valence-corrected chi connectivity index (χ0v) is 18.4. The zero-order valence-electron chi connectivity index (χ0n) is 16.0. The van der Waals surface area contributed by atoms with Crippen molar-refractivity contribution >= 4 is 38.0 Å². The largest absolute Gasteiger partial charge is 0.490 e. The SMILES string of the molecule is CCOc1cc(C=Nc2ccccc2C)cc(Br)c1OS(=O)(=O)c1ccccc1. The molecule has 0 aliphatic carbocycles. The summed E-state index contributed by atoms with van der Waals surface area (Å²) >= 11 is 3.40. The number of benzene rings is 3. The first kappa shape index (κ1) is 21.1. The van der Waals surface area contributed by atoms with E-state index in [-0.39, 0.29) is 10.6 Å². The Bertz CT molecular complexity index is 1130. The number of nitrogens with zero attached hydrogens (tertiary/aromatic N) is 1. The van der Waals surface area contributed by atoms with E-state index < -0.39 is 10.1 Å². The molecule has 150 valence electrons. The van der Waals surface area contributed by atoms with E-state index >= 15 is 0 Å². The van der Waals surface area contributed by atoms with Gasteiger partial charge in [-0.25, -0.2) is 0 Å². The van der Waals surface area contributed by atoms with Crippen molar-refractivity contribution in [2.75, 3.05) is 6.61 Å². The van der Waals surface area contributed by atoms with E-state index in [9.17, 15) is 8.42 Å². The summed E-state index contributed by atoms with van der Waals surface area (Å²) in [5, 5.41) is 0. The molecule has 0 aromatic heterocycles. The van der Waals surface area contributed by atoms with E-state index in [0.29, 0.717) is 16.8 Å². The molecule has 0 aliphatic heterocycles. The first-order valence-electron chi connectivity index (χ1n) is 8.96. The van der Waals surface area contributed by atoms with E-state index in [0.717, 1.165) is 16.8 Å². The molecule has 0 heterocycles. The van der Waals surface area contributed by atoms with Crippen molar-refractivity contribution < 1.29 is 17.3 Å². The fraction of sp³-hybridized carbons (Fsp3) is 0.136. The van der Waals surface area contributed by atoms with E-state index in [4.69, 9.17) is 8.92 Å². The lowest BCUT2D eigenvalue weighted by Crippen LogP contribution is -2.11. The molecule has 3 aromatic rings. The molecule has 3 rings (SSSR count). The fourth-order valence-corrected chi connectivity index (χ4v) is 4.23. The third-order valence-corrected chi connectivity index (χ3v) is 5.85. The Labute approximate surface area is 179 Å². The topological polar surface area (TPSA) is 65.0 Å². The molecule has 0 N–H and O–H groups in total. The Morgan fingerprint density at radius 3 is 2.41 bits per heavy atom. The molecule has 0 amide bonds. The summed E-state index contributed by atoms with van der Waals surface area (Å²) in [5.74, 6) is 0.413. The minimum absolute atomic E-state index is 0.0690. The van der Waals surface area contributed by atoms with E-state index in [2.05, 4.69) is 20.9 Å². The molecule has 0 atom stereocenters. The van der Waals surface area contributed by atoms with Crippen molar-refractivity contribution in [3.8, 4) is 11.5 Å². The Kier molecular flexibility index (Phi) is 6.71. The standard InChI is InChI=1S/C22H20BrNO4S/c1-3-27-21-14-17(15-24-20-12-8-7-9-16(20)2)13-19(23)22(21)28-29(25,26)18-10-5-4-6-11-18/h4-15H,3H2,1-2H3. The van der Waals surface area contributed by atoms with Crippen LogP contribution in [-0.2, 0) is 10.1 Å². The highest BCUT2D eigenvalue weighted by atomic mass is 79.9. The van der Waals surface area contributed by atoms with Gasteiger partial charge in [0.05, 0.1) is 16.8 Å². The molecular formula is C22H20BrNO4S. The summed E-state index contributed by atoms with van der Waals surface area (Å²) in [6, 6.07) is 19.2. The van der Waals surface area contributed by atoms with Gasteiger partial charge < -0.3 is 8.92 Å². The molecule has 0 saturated heterocycles. The van der Waals surface area contributed by atoms with Crippen LogP contribution in [0.2, 0.25) is 0 Å². The van der Waals surface area contributed by atoms with Gasteiger partial charge >= 0.3 is 10.1 Å². The maximum atomic E-state index is 12.6. The molecule has 0 saturated carbocycles. The van der Waals surface area contributed by atoms with Crippen molar-refractivity contribution in [1.29, 1.82) is 0 Å². The first-order valence-corrected chi connectivity index (χ1v) is 11.2. The molecule has 7 heteroatoms. The van der Waals surface area contributed by atoms with Gasteiger partial charge in [-0.3, -0.25) is 4.99 Å². The van der Waals surface area contributed by atoms with Crippen LogP contribution in [0.15, 0.2) is 81.1 Å². The van der Waals surface area contributed by atoms with Crippen molar-refractivity contribution in [3.63, 3.8) is 0 Å². The van der Waals surface area contributed by atoms with E-state index in [1.807, 2.05) is 38.1 Å². The van der Waals surface area contributed by atoms with Crippen LogP contribution in [0.5, 0.6) is 11.5 Å². The van der Waals surface area contributed by atoms with Gasteiger partial charge in [0.15, 0.2) is 11.5 Å². The van der Waals surface area contributed by atoms with Gasteiger partial charge in [-0.1, -0.05) is 36.4 Å². The van der Waals surface area contributed by atoms with Crippen LogP contribution in [0.1, 0.15) is 18.1 Å². The molecule has 0 aliphatic rings. The van der Waals surface area contributed by atoms with Crippen molar-refractivity contribution in [1.82, 2.24) is 0 Å². The van der Waals surface area contributed by atoms with Gasteiger partial charge in [0.25, 0.3) is 0 Å². The quantitative estimate of drug-likeness (QED) is 0.327. The van der Waals surface area contributed by atoms with Crippen LogP contribution in [0.25, 0.3) is 0 Å². The summed E-state index contributed by atoms with van der Waals surface area (Å²) in [4.78, 5) is 4.58.